The highest BCUT2D eigenvalue weighted by Gasteiger charge is 1.90. The minimum Gasteiger partial charge on any atom is -0.481 e. The Labute approximate surface area is 221 Å². The van der Waals surface area contributed by atoms with E-state index in [0.717, 1.165) is 64.2 Å². The third kappa shape index (κ3) is 30.9. The van der Waals surface area contributed by atoms with E-state index in [2.05, 4.69) is 116 Å². The SMILES string of the molecule is CC/C=C\C/C=C\C/C=C\C/C=C\C/C=C\C/C=C\C/C=C\C/C=C\C/C=C\C/C=C\CCC(=O)O. The van der Waals surface area contributed by atoms with E-state index in [1.54, 1.807) is 0 Å². The van der Waals surface area contributed by atoms with Gasteiger partial charge in [-0.3, -0.25) is 4.79 Å². The maximum atomic E-state index is 10.4. The molecule has 0 aromatic rings. The first kappa shape index (κ1) is 32.9. The molecule has 2 heteroatoms. The minimum atomic E-state index is -0.744. The predicted octanol–water partition coefficient (Wildman–Crippen LogP) is 10.3. The molecule has 0 saturated heterocycles. The summed E-state index contributed by atoms with van der Waals surface area (Å²) in [5, 5.41) is 8.55. The molecule has 0 aliphatic carbocycles. The molecule has 0 spiro atoms. The van der Waals surface area contributed by atoms with Crippen LogP contribution in [0.2, 0.25) is 0 Å². The Hall–Kier alpha value is -3.13. The average Bonchev–Trinajstić information content (AvgIpc) is 2.87. The number of carbonyl (C=O) groups is 1. The summed E-state index contributed by atoms with van der Waals surface area (Å²) in [5.74, 6) is -0.744. The summed E-state index contributed by atoms with van der Waals surface area (Å²) in [6.07, 6.45) is 54.3. The summed E-state index contributed by atoms with van der Waals surface area (Å²) in [6, 6.07) is 0. The summed E-state index contributed by atoms with van der Waals surface area (Å²) in [5.41, 5.74) is 0. The number of carboxylic acid groups (broad SMARTS) is 1. The molecule has 0 atom stereocenters. The molecule has 0 aromatic carbocycles. The highest BCUT2D eigenvalue weighted by Crippen LogP contribution is 1.99. The molecule has 0 aliphatic heterocycles. The zero-order valence-corrected chi connectivity index (χ0v) is 22.4. The molecule has 0 aliphatic rings. The summed E-state index contributed by atoms with van der Waals surface area (Å²) >= 11 is 0. The molecule has 0 saturated carbocycles. The Morgan fingerprint density at radius 3 is 0.861 bits per heavy atom. The molecule has 0 amide bonds. The molecule has 0 aromatic heterocycles. The van der Waals surface area contributed by atoms with Crippen molar-refractivity contribution < 1.29 is 9.90 Å². The van der Waals surface area contributed by atoms with Crippen LogP contribution in [-0.4, -0.2) is 11.1 Å². The highest BCUT2D eigenvalue weighted by molar-refractivity contribution is 5.66. The lowest BCUT2D eigenvalue weighted by Crippen LogP contribution is -1.91. The Balaban J connectivity index is 3.60. The summed E-state index contributed by atoms with van der Waals surface area (Å²) in [7, 11) is 0. The van der Waals surface area contributed by atoms with Crippen LogP contribution in [0.15, 0.2) is 122 Å². The van der Waals surface area contributed by atoms with Crippen molar-refractivity contribution in [2.24, 2.45) is 0 Å². The number of rotatable bonds is 22. The van der Waals surface area contributed by atoms with Gasteiger partial charge in [-0.15, -0.1) is 0 Å². The maximum Gasteiger partial charge on any atom is 0.303 e. The standard InChI is InChI=1S/C34H48O2/c1-2-3-4-5-6-7-8-9-10-11-12-13-14-15-16-17-18-19-20-21-22-23-24-25-26-27-28-29-30-31-32-33-34(35)36/h3-4,6-7,9-10,12-13,15-16,18-19,21-22,24-25,27-28,30-31H,2,5,8,11,14,17,20,23,26,29,32-33H2,1H3,(H,35,36)/b4-3-,7-6-,10-9-,13-12-,16-15-,19-18-,22-21-,25-24-,28-27-,31-30-. The van der Waals surface area contributed by atoms with Gasteiger partial charge in [-0.05, 0) is 70.6 Å². The molecule has 0 fully saturated rings. The maximum absolute atomic E-state index is 10.4. The van der Waals surface area contributed by atoms with Crippen LogP contribution < -0.4 is 0 Å². The zero-order valence-electron chi connectivity index (χ0n) is 22.4. The van der Waals surface area contributed by atoms with Crippen LogP contribution in [0, 0.1) is 0 Å². The minimum absolute atomic E-state index is 0.205. The third-order valence-electron chi connectivity index (χ3n) is 4.88. The van der Waals surface area contributed by atoms with Gasteiger partial charge in [0.2, 0.25) is 0 Å². The fraction of sp³-hybridized carbons (Fsp3) is 0.382. The lowest BCUT2D eigenvalue weighted by atomic mass is 10.2. The molecule has 0 rings (SSSR count). The van der Waals surface area contributed by atoms with Crippen molar-refractivity contribution in [3.05, 3.63) is 122 Å². The summed E-state index contributed by atoms with van der Waals surface area (Å²) in [4.78, 5) is 10.4. The predicted molar refractivity (Wildman–Crippen MR) is 160 cm³/mol. The first-order valence-corrected chi connectivity index (χ1v) is 13.5. The molecule has 0 bridgehead atoms. The van der Waals surface area contributed by atoms with Crippen molar-refractivity contribution in [3.63, 3.8) is 0 Å². The van der Waals surface area contributed by atoms with Gasteiger partial charge in [0.05, 0.1) is 0 Å². The van der Waals surface area contributed by atoms with Crippen molar-refractivity contribution in [2.75, 3.05) is 0 Å². The Morgan fingerprint density at radius 1 is 0.417 bits per heavy atom. The van der Waals surface area contributed by atoms with Gasteiger partial charge in [0, 0.05) is 6.42 Å². The topological polar surface area (TPSA) is 37.3 Å². The largest absolute Gasteiger partial charge is 0.481 e. The lowest BCUT2D eigenvalue weighted by Gasteiger charge is -1.87. The summed E-state index contributed by atoms with van der Waals surface area (Å²) in [6.45, 7) is 2.16. The van der Waals surface area contributed by atoms with Gasteiger partial charge < -0.3 is 5.11 Å². The average molecular weight is 489 g/mol. The van der Waals surface area contributed by atoms with E-state index < -0.39 is 5.97 Å². The number of allylic oxidation sites excluding steroid dienone is 20. The Kier molecular flexibility index (Phi) is 27.3. The van der Waals surface area contributed by atoms with Crippen molar-refractivity contribution >= 4 is 5.97 Å². The van der Waals surface area contributed by atoms with Gasteiger partial charge in [-0.2, -0.15) is 0 Å². The van der Waals surface area contributed by atoms with Crippen molar-refractivity contribution in [1.82, 2.24) is 0 Å². The van der Waals surface area contributed by atoms with E-state index in [1.165, 1.54) is 0 Å². The number of hydrogen-bond acceptors (Lipinski definition) is 1. The van der Waals surface area contributed by atoms with Gasteiger partial charge in [0.25, 0.3) is 0 Å². The van der Waals surface area contributed by atoms with Gasteiger partial charge >= 0.3 is 5.97 Å². The lowest BCUT2D eigenvalue weighted by molar-refractivity contribution is -0.136. The van der Waals surface area contributed by atoms with E-state index >= 15 is 0 Å². The molecule has 36 heavy (non-hydrogen) atoms. The van der Waals surface area contributed by atoms with Crippen molar-refractivity contribution in [2.45, 2.75) is 84.0 Å². The molecular weight excluding hydrogens is 440 g/mol. The Bertz CT molecular complexity index is 795. The van der Waals surface area contributed by atoms with Crippen LogP contribution in [0.5, 0.6) is 0 Å². The van der Waals surface area contributed by atoms with E-state index in [4.69, 9.17) is 5.11 Å². The monoisotopic (exact) mass is 488 g/mol. The van der Waals surface area contributed by atoms with Crippen molar-refractivity contribution in [1.29, 1.82) is 0 Å². The molecular formula is C34H48O2. The normalized spacial score (nSPS) is 13.6. The molecule has 0 unspecified atom stereocenters. The number of hydrogen-bond donors (Lipinski definition) is 1. The van der Waals surface area contributed by atoms with E-state index in [-0.39, 0.29) is 6.42 Å². The van der Waals surface area contributed by atoms with Gasteiger partial charge in [0.1, 0.15) is 0 Å². The fourth-order valence-corrected chi connectivity index (χ4v) is 2.93. The van der Waals surface area contributed by atoms with Crippen LogP contribution in [0.25, 0.3) is 0 Å². The van der Waals surface area contributed by atoms with E-state index in [9.17, 15) is 4.79 Å². The molecule has 1 N–H and O–H groups in total. The van der Waals surface area contributed by atoms with Crippen LogP contribution in [0.1, 0.15) is 84.0 Å². The molecule has 196 valence electrons. The third-order valence-corrected chi connectivity index (χ3v) is 4.88. The first-order chi connectivity index (χ1) is 17.8. The van der Waals surface area contributed by atoms with Gasteiger partial charge in [-0.1, -0.05) is 128 Å². The van der Waals surface area contributed by atoms with Crippen molar-refractivity contribution in [3.8, 4) is 0 Å². The highest BCUT2D eigenvalue weighted by atomic mass is 16.4. The number of aliphatic carboxylic acids is 1. The quantitative estimate of drug-likeness (QED) is 0.154. The molecule has 0 radical (unpaired) electrons. The molecule has 2 nitrogen and oxygen atoms in total. The zero-order chi connectivity index (χ0) is 26.2. The Morgan fingerprint density at radius 2 is 0.639 bits per heavy atom. The van der Waals surface area contributed by atoms with Gasteiger partial charge in [0.15, 0.2) is 0 Å². The smallest absolute Gasteiger partial charge is 0.303 e. The summed E-state index contributed by atoms with van der Waals surface area (Å²) < 4.78 is 0. The fourth-order valence-electron chi connectivity index (χ4n) is 2.93. The second-order valence-electron chi connectivity index (χ2n) is 8.18. The first-order valence-electron chi connectivity index (χ1n) is 13.5. The van der Waals surface area contributed by atoms with Crippen LogP contribution in [0.3, 0.4) is 0 Å². The number of carboxylic acids is 1. The van der Waals surface area contributed by atoms with Crippen LogP contribution >= 0.6 is 0 Å². The van der Waals surface area contributed by atoms with E-state index in [1.807, 2.05) is 12.2 Å². The van der Waals surface area contributed by atoms with Crippen LogP contribution in [-0.2, 0) is 4.79 Å². The second kappa shape index (κ2) is 29.9. The van der Waals surface area contributed by atoms with E-state index in [0.29, 0.717) is 6.42 Å². The second-order valence-corrected chi connectivity index (χ2v) is 8.18. The van der Waals surface area contributed by atoms with Gasteiger partial charge in [-0.25, -0.2) is 0 Å². The molecule has 0 heterocycles. The van der Waals surface area contributed by atoms with Crippen LogP contribution in [0.4, 0.5) is 0 Å².